The summed E-state index contributed by atoms with van der Waals surface area (Å²) in [6, 6.07) is 9.28. The van der Waals surface area contributed by atoms with Gasteiger partial charge in [-0.1, -0.05) is 30.3 Å². The van der Waals surface area contributed by atoms with Crippen LogP contribution >= 0.6 is 0 Å². The van der Waals surface area contributed by atoms with Gasteiger partial charge in [0.1, 0.15) is 0 Å². The highest BCUT2D eigenvalue weighted by molar-refractivity contribution is 5.91. The third kappa shape index (κ3) is 4.09. The second-order valence-electron chi connectivity index (χ2n) is 7.05. The minimum absolute atomic E-state index is 0.0534. The average molecular weight is 405 g/mol. The molecule has 2 fully saturated rings. The van der Waals surface area contributed by atoms with Gasteiger partial charge >= 0.3 is 17.9 Å². The minimum Gasteiger partial charge on any atom is -0.457 e. The smallest absolute Gasteiger partial charge is 0.303 e. The van der Waals surface area contributed by atoms with E-state index in [9.17, 15) is 19.2 Å². The molecule has 29 heavy (non-hydrogen) atoms. The molecule has 1 amide bonds. The van der Waals surface area contributed by atoms with Crippen molar-refractivity contribution in [2.45, 2.75) is 51.2 Å². The van der Waals surface area contributed by atoms with Gasteiger partial charge < -0.3 is 23.8 Å². The molecule has 9 nitrogen and oxygen atoms in total. The Kier molecular flexibility index (Phi) is 5.88. The molecule has 2 aliphatic rings. The maximum Gasteiger partial charge on any atom is 0.303 e. The summed E-state index contributed by atoms with van der Waals surface area (Å²) in [5.74, 6) is -2.38. The van der Waals surface area contributed by atoms with E-state index in [1.54, 1.807) is 0 Å². The number of esters is 3. The number of ether oxygens (including phenoxy) is 4. The van der Waals surface area contributed by atoms with E-state index in [-0.39, 0.29) is 19.7 Å². The first-order valence-corrected chi connectivity index (χ1v) is 9.23. The molecule has 2 heterocycles. The van der Waals surface area contributed by atoms with Crippen molar-refractivity contribution in [1.29, 1.82) is 0 Å². The van der Waals surface area contributed by atoms with E-state index < -0.39 is 47.7 Å². The predicted octanol–water partition coefficient (Wildman–Crippen LogP) is 0.593. The van der Waals surface area contributed by atoms with E-state index >= 15 is 0 Å². The molecule has 1 aromatic carbocycles. The Bertz CT molecular complexity index is 810. The van der Waals surface area contributed by atoms with E-state index in [1.807, 2.05) is 30.3 Å². The molecule has 2 saturated heterocycles. The Labute approximate surface area is 167 Å². The SMILES string of the molecule is CC(=O)O[C@@H]1[C@H](OC(C)=O)CO[C@@]12C(=O)N(Cc1ccccc1)C[C@H]2OC(C)=O. The van der Waals surface area contributed by atoms with Crippen LogP contribution in [0.4, 0.5) is 0 Å². The van der Waals surface area contributed by atoms with Crippen molar-refractivity contribution in [3.05, 3.63) is 35.9 Å². The highest BCUT2D eigenvalue weighted by Crippen LogP contribution is 2.42. The monoisotopic (exact) mass is 405 g/mol. The Morgan fingerprint density at radius 1 is 1.03 bits per heavy atom. The van der Waals surface area contributed by atoms with Gasteiger partial charge in [0.25, 0.3) is 5.91 Å². The Morgan fingerprint density at radius 2 is 1.66 bits per heavy atom. The molecule has 4 atom stereocenters. The zero-order valence-electron chi connectivity index (χ0n) is 16.5. The van der Waals surface area contributed by atoms with Crippen LogP contribution in [0.1, 0.15) is 26.3 Å². The molecule has 156 valence electrons. The summed E-state index contributed by atoms with van der Waals surface area (Å²) in [7, 11) is 0. The average Bonchev–Trinajstić information content (AvgIpc) is 3.10. The zero-order chi connectivity index (χ0) is 21.2. The van der Waals surface area contributed by atoms with Gasteiger partial charge in [0.15, 0.2) is 18.3 Å². The molecule has 0 N–H and O–H groups in total. The fourth-order valence-corrected chi connectivity index (χ4v) is 3.85. The highest BCUT2D eigenvalue weighted by atomic mass is 16.7. The molecule has 0 saturated carbocycles. The fraction of sp³-hybridized carbons (Fsp3) is 0.500. The number of likely N-dealkylation sites (tertiary alicyclic amines) is 1. The van der Waals surface area contributed by atoms with Crippen LogP contribution in [0.3, 0.4) is 0 Å². The van der Waals surface area contributed by atoms with Gasteiger partial charge in [-0.3, -0.25) is 19.2 Å². The zero-order valence-corrected chi connectivity index (χ0v) is 16.5. The number of rotatable bonds is 5. The van der Waals surface area contributed by atoms with E-state index in [0.29, 0.717) is 0 Å². The molecule has 0 aliphatic carbocycles. The lowest BCUT2D eigenvalue weighted by Gasteiger charge is -2.32. The number of amides is 1. The number of benzene rings is 1. The quantitative estimate of drug-likeness (QED) is 0.517. The third-order valence-corrected chi connectivity index (χ3v) is 4.87. The van der Waals surface area contributed by atoms with Crippen LogP contribution in [-0.2, 0) is 44.7 Å². The van der Waals surface area contributed by atoms with Gasteiger partial charge in [0, 0.05) is 27.3 Å². The lowest BCUT2D eigenvalue weighted by molar-refractivity contribution is -0.186. The van der Waals surface area contributed by atoms with E-state index in [4.69, 9.17) is 18.9 Å². The molecule has 0 radical (unpaired) electrons. The standard InChI is InChI=1S/C20H23NO8/c1-12(22)27-16-11-26-20(18(16)29-14(3)24)17(28-13(2)23)10-21(19(20)25)9-15-7-5-4-6-8-15/h4-8,16-18H,9-11H2,1-3H3/t16-,17-,18-,20-/m1/s1. The fourth-order valence-electron chi connectivity index (χ4n) is 3.85. The van der Waals surface area contributed by atoms with Gasteiger partial charge in [0.05, 0.1) is 13.2 Å². The van der Waals surface area contributed by atoms with Crippen molar-refractivity contribution < 1.29 is 38.1 Å². The summed E-state index contributed by atoms with van der Waals surface area (Å²) in [4.78, 5) is 49.8. The number of hydrogen-bond donors (Lipinski definition) is 0. The van der Waals surface area contributed by atoms with Crippen LogP contribution in [-0.4, -0.2) is 65.8 Å². The van der Waals surface area contributed by atoms with Crippen LogP contribution in [0.5, 0.6) is 0 Å². The summed E-state index contributed by atoms with van der Waals surface area (Å²) in [6.45, 7) is 3.75. The molecule has 2 aliphatic heterocycles. The lowest BCUT2D eigenvalue weighted by Crippen LogP contribution is -2.58. The Morgan fingerprint density at radius 3 is 2.24 bits per heavy atom. The Hall–Kier alpha value is -2.94. The Balaban J connectivity index is 1.96. The van der Waals surface area contributed by atoms with Crippen molar-refractivity contribution >= 4 is 23.8 Å². The van der Waals surface area contributed by atoms with Gasteiger partial charge in [-0.05, 0) is 5.56 Å². The maximum atomic E-state index is 13.4. The first-order valence-electron chi connectivity index (χ1n) is 9.23. The van der Waals surface area contributed by atoms with Crippen molar-refractivity contribution in [3.8, 4) is 0 Å². The number of carbonyl (C=O) groups excluding carboxylic acids is 4. The van der Waals surface area contributed by atoms with E-state index in [1.165, 1.54) is 25.7 Å². The molecular formula is C20H23NO8. The van der Waals surface area contributed by atoms with Crippen molar-refractivity contribution in [2.24, 2.45) is 0 Å². The molecule has 1 spiro atoms. The van der Waals surface area contributed by atoms with Gasteiger partial charge in [-0.2, -0.15) is 0 Å². The first kappa shape index (κ1) is 20.8. The third-order valence-electron chi connectivity index (χ3n) is 4.87. The number of hydrogen-bond acceptors (Lipinski definition) is 8. The van der Waals surface area contributed by atoms with Gasteiger partial charge in [-0.15, -0.1) is 0 Å². The van der Waals surface area contributed by atoms with Gasteiger partial charge in [0.2, 0.25) is 5.60 Å². The normalized spacial score (nSPS) is 28.4. The summed E-state index contributed by atoms with van der Waals surface area (Å²) in [5, 5.41) is 0. The summed E-state index contributed by atoms with van der Waals surface area (Å²) in [6.07, 6.45) is -3.25. The summed E-state index contributed by atoms with van der Waals surface area (Å²) in [5.41, 5.74) is -0.898. The molecule has 3 rings (SSSR count). The van der Waals surface area contributed by atoms with Crippen molar-refractivity contribution in [3.63, 3.8) is 0 Å². The van der Waals surface area contributed by atoms with Crippen molar-refractivity contribution in [1.82, 2.24) is 4.90 Å². The van der Waals surface area contributed by atoms with Crippen LogP contribution in [0.2, 0.25) is 0 Å². The molecule has 0 bridgehead atoms. The largest absolute Gasteiger partial charge is 0.457 e. The lowest BCUT2D eigenvalue weighted by atomic mass is 9.91. The highest BCUT2D eigenvalue weighted by Gasteiger charge is 2.69. The predicted molar refractivity (Wildman–Crippen MR) is 97.2 cm³/mol. The van der Waals surface area contributed by atoms with Crippen LogP contribution in [0.25, 0.3) is 0 Å². The van der Waals surface area contributed by atoms with Crippen LogP contribution in [0.15, 0.2) is 30.3 Å². The second-order valence-corrected chi connectivity index (χ2v) is 7.05. The molecule has 0 unspecified atom stereocenters. The molecule has 1 aromatic rings. The first-order chi connectivity index (χ1) is 13.7. The van der Waals surface area contributed by atoms with Crippen molar-refractivity contribution in [2.75, 3.05) is 13.2 Å². The van der Waals surface area contributed by atoms with Crippen LogP contribution in [0, 0.1) is 0 Å². The van der Waals surface area contributed by atoms with E-state index in [0.717, 1.165) is 5.56 Å². The molecule has 0 aromatic heterocycles. The van der Waals surface area contributed by atoms with Gasteiger partial charge in [-0.25, -0.2) is 0 Å². The molecule has 9 heteroatoms. The van der Waals surface area contributed by atoms with E-state index in [2.05, 4.69) is 0 Å². The maximum absolute atomic E-state index is 13.4. The topological polar surface area (TPSA) is 108 Å². The summed E-state index contributed by atoms with van der Waals surface area (Å²) >= 11 is 0. The second kappa shape index (κ2) is 8.20. The number of nitrogens with zero attached hydrogens (tertiary/aromatic N) is 1. The number of carbonyl (C=O) groups is 4. The summed E-state index contributed by atoms with van der Waals surface area (Å²) < 4.78 is 21.8. The minimum atomic E-state index is -1.77. The molecular weight excluding hydrogens is 382 g/mol. The van der Waals surface area contributed by atoms with Crippen LogP contribution < -0.4 is 0 Å².